The molecule has 0 saturated heterocycles. The molecule has 0 spiro atoms. The Balaban J connectivity index is 1.85. The molecule has 136 valence electrons. The molecule has 0 aliphatic heterocycles. The minimum Gasteiger partial charge on any atom is -0.320 e. The maximum atomic E-state index is 13.1. The topological polar surface area (TPSA) is 83.6 Å². The number of amides is 1. The van der Waals surface area contributed by atoms with Crippen LogP contribution in [0, 0.1) is 11.3 Å². The van der Waals surface area contributed by atoms with Crippen LogP contribution < -0.4 is 5.32 Å². The lowest BCUT2D eigenvalue weighted by atomic mass is 10.1. The van der Waals surface area contributed by atoms with Crippen molar-refractivity contribution in [3.8, 4) is 11.8 Å². The Kier molecular flexibility index (Phi) is 4.83. The molecule has 0 aliphatic carbocycles. The highest BCUT2D eigenvalue weighted by Gasteiger charge is 2.34. The van der Waals surface area contributed by atoms with Gasteiger partial charge in [0.2, 0.25) is 0 Å². The van der Waals surface area contributed by atoms with Gasteiger partial charge in [0, 0.05) is 5.69 Å². The molecule has 0 bridgehead atoms. The quantitative estimate of drug-likeness (QED) is 0.729. The first-order valence-corrected chi connectivity index (χ1v) is 7.77. The number of carbonyl (C=O) groups is 1. The van der Waals surface area contributed by atoms with E-state index in [-0.39, 0.29) is 22.0 Å². The summed E-state index contributed by atoms with van der Waals surface area (Å²) in [4.78, 5) is 12.2. The zero-order valence-electron chi connectivity index (χ0n) is 13.3. The number of alkyl halides is 3. The number of hydrogen-bond donors (Lipinski definition) is 1. The molecule has 3 aromatic rings. The molecule has 3 rings (SSSR count). The summed E-state index contributed by atoms with van der Waals surface area (Å²) in [5, 5.41) is 18.7. The Morgan fingerprint density at radius 3 is 2.63 bits per heavy atom. The largest absolute Gasteiger partial charge is 0.418 e. The standard InChI is InChI=1S/C17H9ClF3N5O/c18-13-7-11(6-5-10(13)8-22)23-16(27)14-9-26(25-24-14)15-4-2-1-3-12(15)17(19,20)21/h1-7,9H,(H,23,27). The average molecular weight is 392 g/mol. The van der Waals surface area contributed by atoms with Crippen LogP contribution in [-0.4, -0.2) is 20.9 Å². The maximum Gasteiger partial charge on any atom is 0.418 e. The molecule has 2 aromatic carbocycles. The van der Waals surface area contributed by atoms with E-state index in [0.717, 1.165) is 16.9 Å². The lowest BCUT2D eigenvalue weighted by Gasteiger charge is -2.11. The van der Waals surface area contributed by atoms with Gasteiger partial charge in [-0.3, -0.25) is 4.79 Å². The second-order valence-electron chi connectivity index (χ2n) is 5.32. The third-order valence-electron chi connectivity index (χ3n) is 3.53. The molecule has 27 heavy (non-hydrogen) atoms. The third-order valence-corrected chi connectivity index (χ3v) is 3.84. The molecule has 1 amide bonds. The van der Waals surface area contributed by atoms with Crippen LogP contribution in [0.5, 0.6) is 0 Å². The van der Waals surface area contributed by atoms with Crippen LogP contribution in [0.4, 0.5) is 18.9 Å². The second kappa shape index (κ2) is 7.09. The van der Waals surface area contributed by atoms with Crippen molar-refractivity contribution >= 4 is 23.2 Å². The van der Waals surface area contributed by atoms with E-state index in [1.54, 1.807) is 0 Å². The van der Waals surface area contributed by atoms with E-state index in [0.29, 0.717) is 5.69 Å². The van der Waals surface area contributed by atoms with Crippen LogP contribution in [0.15, 0.2) is 48.7 Å². The Bertz CT molecular complexity index is 1060. The molecular weight excluding hydrogens is 383 g/mol. The molecule has 1 heterocycles. The van der Waals surface area contributed by atoms with Crippen molar-refractivity contribution in [3.63, 3.8) is 0 Å². The van der Waals surface area contributed by atoms with E-state index < -0.39 is 17.6 Å². The number of benzene rings is 2. The van der Waals surface area contributed by atoms with E-state index in [1.807, 2.05) is 6.07 Å². The van der Waals surface area contributed by atoms with Crippen LogP contribution in [0.1, 0.15) is 21.6 Å². The Morgan fingerprint density at radius 1 is 1.22 bits per heavy atom. The van der Waals surface area contributed by atoms with Gasteiger partial charge in [0.1, 0.15) is 6.07 Å². The van der Waals surface area contributed by atoms with Crippen LogP contribution in [0.3, 0.4) is 0 Å². The van der Waals surface area contributed by atoms with Crippen molar-refractivity contribution in [2.24, 2.45) is 0 Å². The summed E-state index contributed by atoms with van der Waals surface area (Å²) in [6.45, 7) is 0. The van der Waals surface area contributed by atoms with Crippen molar-refractivity contribution in [1.82, 2.24) is 15.0 Å². The van der Waals surface area contributed by atoms with Crippen molar-refractivity contribution in [2.45, 2.75) is 6.18 Å². The number of nitriles is 1. The van der Waals surface area contributed by atoms with Crippen LogP contribution in [0.25, 0.3) is 5.69 Å². The minimum atomic E-state index is -4.58. The normalized spacial score (nSPS) is 11.1. The van der Waals surface area contributed by atoms with Crippen molar-refractivity contribution in [2.75, 3.05) is 5.32 Å². The van der Waals surface area contributed by atoms with Gasteiger partial charge >= 0.3 is 6.18 Å². The highest BCUT2D eigenvalue weighted by Crippen LogP contribution is 2.33. The van der Waals surface area contributed by atoms with Gasteiger partial charge in [-0.05, 0) is 30.3 Å². The van der Waals surface area contributed by atoms with Crippen molar-refractivity contribution in [3.05, 3.63) is 70.5 Å². The van der Waals surface area contributed by atoms with Gasteiger partial charge in [-0.2, -0.15) is 18.4 Å². The van der Waals surface area contributed by atoms with Crippen LogP contribution in [-0.2, 0) is 6.18 Å². The van der Waals surface area contributed by atoms with E-state index >= 15 is 0 Å². The molecule has 0 aliphatic rings. The average Bonchev–Trinajstić information content (AvgIpc) is 3.11. The minimum absolute atomic E-state index is 0.151. The lowest BCUT2D eigenvalue weighted by molar-refractivity contribution is -0.137. The van der Waals surface area contributed by atoms with Gasteiger partial charge in [0.25, 0.3) is 5.91 Å². The number of hydrogen-bond acceptors (Lipinski definition) is 4. The summed E-state index contributed by atoms with van der Waals surface area (Å²) < 4.78 is 40.2. The summed E-state index contributed by atoms with van der Waals surface area (Å²) in [5.74, 6) is -0.688. The number of nitrogens with one attached hydrogen (secondary N) is 1. The van der Waals surface area contributed by atoms with Gasteiger partial charge in [-0.25, -0.2) is 4.68 Å². The first-order valence-electron chi connectivity index (χ1n) is 7.39. The number of aromatic nitrogens is 3. The summed E-state index contributed by atoms with van der Waals surface area (Å²) in [6.07, 6.45) is -3.49. The Hall–Kier alpha value is -3.38. The van der Waals surface area contributed by atoms with Crippen molar-refractivity contribution in [1.29, 1.82) is 5.26 Å². The molecule has 0 atom stereocenters. The van der Waals surface area contributed by atoms with Gasteiger partial charge in [0.05, 0.1) is 28.0 Å². The van der Waals surface area contributed by atoms with Gasteiger partial charge in [0.15, 0.2) is 5.69 Å². The van der Waals surface area contributed by atoms with Crippen LogP contribution in [0.2, 0.25) is 5.02 Å². The first kappa shape index (κ1) is 18.4. The number of anilines is 1. The summed E-state index contributed by atoms with van der Waals surface area (Å²) in [6, 6.07) is 11.0. The van der Waals surface area contributed by atoms with Gasteiger partial charge in [-0.1, -0.05) is 28.9 Å². The SMILES string of the molecule is N#Cc1ccc(NC(=O)c2cn(-c3ccccc3C(F)(F)F)nn2)cc1Cl. The monoisotopic (exact) mass is 391 g/mol. The van der Waals surface area contributed by atoms with E-state index in [1.165, 1.54) is 36.4 Å². The molecule has 6 nitrogen and oxygen atoms in total. The summed E-state index contributed by atoms with van der Waals surface area (Å²) in [5.41, 5.74) is -0.801. The van der Waals surface area contributed by atoms with E-state index in [9.17, 15) is 18.0 Å². The predicted molar refractivity (Wildman–Crippen MR) is 90.5 cm³/mol. The second-order valence-corrected chi connectivity index (χ2v) is 5.73. The summed E-state index contributed by atoms with van der Waals surface area (Å²) >= 11 is 5.89. The molecule has 0 saturated carbocycles. The molecule has 1 aromatic heterocycles. The fourth-order valence-electron chi connectivity index (χ4n) is 2.28. The predicted octanol–water partition coefficient (Wildman–Crippen LogP) is 4.06. The first-order chi connectivity index (χ1) is 12.8. The van der Waals surface area contributed by atoms with Crippen LogP contribution >= 0.6 is 11.6 Å². The number of para-hydroxylation sites is 1. The molecule has 0 radical (unpaired) electrons. The fraction of sp³-hybridized carbons (Fsp3) is 0.0588. The Labute approximate surface area is 155 Å². The fourth-order valence-corrected chi connectivity index (χ4v) is 2.50. The number of carbonyl (C=O) groups excluding carboxylic acids is 1. The summed E-state index contributed by atoms with van der Waals surface area (Å²) in [7, 11) is 0. The Morgan fingerprint density at radius 2 is 1.96 bits per heavy atom. The number of rotatable bonds is 3. The number of halogens is 4. The molecular formula is C17H9ClF3N5O. The van der Waals surface area contributed by atoms with Gasteiger partial charge in [-0.15, -0.1) is 5.10 Å². The highest BCUT2D eigenvalue weighted by atomic mass is 35.5. The zero-order valence-corrected chi connectivity index (χ0v) is 14.1. The van der Waals surface area contributed by atoms with Crippen molar-refractivity contribution < 1.29 is 18.0 Å². The molecule has 1 N–H and O–H groups in total. The highest BCUT2D eigenvalue weighted by molar-refractivity contribution is 6.32. The van der Waals surface area contributed by atoms with Gasteiger partial charge < -0.3 is 5.32 Å². The van der Waals surface area contributed by atoms with E-state index in [2.05, 4.69) is 15.6 Å². The van der Waals surface area contributed by atoms with E-state index in [4.69, 9.17) is 16.9 Å². The lowest BCUT2D eigenvalue weighted by Crippen LogP contribution is -2.12. The molecule has 0 fully saturated rings. The number of nitrogens with zero attached hydrogens (tertiary/aromatic N) is 4. The third kappa shape index (κ3) is 3.91. The molecule has 10 heteroatoms. The molecule has 0 unspecified atom stereocenters. The maximum absolute atomic E-state index is 13.1. The smallest absolute Gasteiger partial charge is 0.320 e. The zero-order chi connectivity index (χ0) is 19.6.